The zero-order valence-corrected chi connectivity index (χ0v) is 11.3. The number of hydrazone groups is 1. The molecule has 0 bridgehead atoms. The largest absolute Gasteiger partial charge is 0.272 e. The van der Waals surface area contributed by atoms with Crippen molar-refractivity contribution >= 4 is 23.4 Å². The third kappa shape index (κ3) is 6.12. The van der Waals surface area contributed by atoms with E-state index in [0.717, 1.165) is 11.5 Å². The highest BCUT2D eigenvalue weighted by atomic mass is 32.2. The van der Waals surface area contributed by atoms with Crippen molar-refractivity contribution in [2.75, 3.05) is 5.75 Å². The number of hydrogen-bond donors (Lipinski definition) is 1. The van der Waals surface area contributed by atoms with Gasteiger partial charge in [0, 0.05) is 11.5 Å². The molecule has 1 aromatic rings. The highest BCUT2D eigenvalue weighted by molar-refractivity contribution is 7.99. The van der Waals surface area contributed by atoms with Crippen LogP contribution in [0.5, 0.6) is 0 Å². The van der Waals surface area contributed by atoms with E-state index in [2.05, 4.69) is 41.7 Å². The molecule has 92 valence electrons. The number of benzene rings is 1. The van der Waals surface area contributed by atoms with Gasteiger partial charge in [-0.3, -0.25) is 4.79 Å². The fourth-order valence-corrected chi connectivity index (χ4v) is 1.93. The maximum atomic E-state index is 11.4. The summed E-state index contributed by atoms with van der Waals surface area (Å²) in [6, 6.07) is 8.35. The van der Waals surface area contributed by atoms with Gasteiger partial charge >= 0.3 is 0 Å². The number of rotatable bonds is 5. The quantitative estimate of drug-likeness (QED) is 0.645. The summed E-state index contributed by atoms with van der Waals surface area (Å²) in [5, 5.41) is 3.87. The molecule has 0 saturated carbocycles. The van der Waals surface area contributed by atoms with E-state index in [-0.39, 0.29) is 5.91 Å². The van der Waals surface area contributed by atoms with Gasteiger partial charge in [-0.15, -0.1) is 11.8 Å². The van der Waals surface area contributed by atoms with E-state index in [9.17, 15) is 4.79 Å². The number of carbonyl (C=O) groups is 1. The van der Waals surface area contributed by atoms with Gasteiger partial charge in [-0.25, -0.2) is 5.43 Å². The summed E-state index contributed by atoms with van der Waals surface area (Å²) in [4.78, 5) is 11.4. The number of aryl methyl sites for hydroxylation is 1. The lowest BCUT2D eigenvalue weighted by Gasteiger charge is -2.02. The van der Waals surface area contributed by atoms with Crippen LogP contribution in [-0.4, -0.2) is 17.4 Å². The van der Waals surface area contributed by atoms with E-state index < -0.39 is 0 Å². The highest BCUT2D eigenvalue weighted by Crippen LogP contribution is 2.12. The maximum absolute atomic E-state index is 11.4. The minimum absolute atomic E-state index is 0.0525. The second-order valence-electron chi connectivity index (χ2n) is 4.07. The minimum atomic E-state index is -0.0525. The Bertz CT molecular complexity index is 394. The Morgan fingerprint density at radius 2 is 1.94 bits per heavy atom. The molecule has 0 fully saturated rings. The number of thioether (sulfide) groups is 1. The van der Waals surface area contributed by atoms with Crippen molar-refractivity contribution in [3.63, 3.8) is 0 Å². The Morgan fingerprint density at radius 3 is 2.53 bits per heavy atom. The molecule has 0 aliphatic heterocycles. The summed E-state index contributed by atoms with van der Waals surface area (Å²) in [6.45, 7) is 5.76. The molecule has 1 rings (SSSR count). The Labute approximate surface area is 107 Å². The third-order valence-electron chi connectivity index (χ3n) is 2.03. The summed E-state index contributed by atoms with van der Waals surface area (Å²) in [6.07, 6.45) is 0. The molecule has 0 heterocycles. The van der Waals surface area contributed by atoms with E-state index in [1.807, 2.05) is 13.8 Å². The molecule has 0 spiro atoms. The molecule has 0 aliphatic rings. The molecule has 1 amide bonds. The first kappa shape index (κ1) is 13.8. The van der Waals surface area contributed by atoms with Crippen LogP contribution in [0.2, 0.25) is 0 Å². The van der Waals surface area contributed by atoms with Gasteiger partial charge in [0.05, 0.1) is 5.75 Å². The number of carbonyl (C=O) groups excluding carboxylic acids is 1. The Hall–Kier alpha value is -1.29. The fraction of sp³-hybridized carbons (Fsp3) is 0.385. The summed E-state index contributed by atoms with van der Waals surface area (Å²) >= 11 is 1.59. The van der Waals surface area contributed by atoms with Gasteiger partial charge in [0.1, 0.15) is 0 Å². The molecule has 1 N–H and O–H groups in total. The number of hydrogen-bond acceptors (Lipinski definition) is 3. The van der Waals surface area contributed by atoms with Crippen molar-refractivity contribution < 1.29 is 4.79 Å². The molecule has 0 radical (unpaired) electrons. The van der Waals surface area contributed by atoms with Gasteiger partial charge in [-0.05, 0) is 26.3 Å². The van der Waals surface area contributed by atoms with Crippen LogP contribution in [0.25, 0.3) is 0 Å². The minimum Gasteiger partial charge on any atom is -0.272 e. The lowest BCUT2D eigenvalue weighted by atomic mass is 10.2. The zero-order valence-electron chi connectivity index (χ0n) is 10.5. The van der Waals surface area contributed by atoms with Crippen molar-refractivity contribution in [3.05, 3.63) is 35.4 Å². The third-order valence-corrected chi connectivity index (χ3v) is 3.03. The average molecular weight is 250 g/mol. The smallest absolute Gasteiger partial charge is 0.250 e. The lowest BCUT2D eigenvalue weighted by Crippen LogP contribution is -2.20. The molecular weight excluding hydrogens is 232 g/mol. The molecule has 0 saturated heterocycles. The van der Waals surface area contributed by atoms with E-state index >= 15 is 0 Å². The molecule has 0 atom stereocenters. The summed E-state index contributed by atoms with van der Waals surface area (Å²) in [7, 11) is 0. The predicted molar refractivity (Wildman–Crippen MR) is 74.3 cm³/mol. The maximum Gasteiger partial charge on any atom is 0.250 e. The SMILES string of the molecule is CC(C)=NNC(=O)CSCc1ccc(C)cc1. The monoisotopic (exact) mass is 250 g/mol. The van der Waals surface area contributed by atoms with Crippen LogP contribution in [-0.2, 0) is 10.5 Å². The predicted octanol–water partition coefficient (Wildman–Crippen LogP) is 2.74. The van der Waals surface area contributed by atoms with Crippen LogP contribution in [0.3, 0.4) is 0 Å². The van der Waals surface area contributed by atoms with E-state index in [0.29, 0.717) is 5.75 Å². The lowest BCUT2D eigenvalue weighted by molar-refractivity contribution is -0.118. The van der Waals surface area contributed by atoms with Gasteiger partial charge < -0.3 is 0 Å². The molecule has 17 heavy (non-hydrogen) atoms. The Balaban J connectivity index is 2.26. The molecule has 0 aromatic heterocycles. The molecule has 3 nitrogen and oxygen atoms in total. The van der Waals surface area contributed by atoms with E-state index in [1.54, 1.807) is 11.8 Å². The molecule has 0 unspecified atom stereocenters. The first-order valence-corrected chi connectivity index (χ1v) is 6.66. The van der Waals surface area contributed by atoms with Crippen molar-refractivity contribution in [3.8, 4) is 0 Å². The van der Waals surface area contributed by atoms with E-state index in [1.165, 1.54) is 11.1 Å². The summed E-state index contributed by atoms with van der Waals surface area (Å²) in [5.74, 6) is 1.23. The fourth-order valence-electron chi connectivity index (χ4n) is 1.15. The second-order valence-corrected chi connectivity index (χ2v) is 5.06. The Kier molecular flexibility index (Phi) is 5.77. The first-order chi connectivity index (χ1) is 8.08. The summed E-state index contributed by atoms with van der Waals surface area (Å²) in [5.41, 5.74) is 5.85. The van der Waals surface area contributed by atoms with Crippen LogP contribution in [0.4, 0.5) is 0 Å². The molecule has 4 heteroatoms. The molecule has 0 aliphatic carbocycles. The van der Waals surface area contributed by atoms with Crippen LogP contribution in [0.1, 0.15) is 25.0 Å². The van der Waals surface area contributed by atoms with Gasteiger partial charge in [0.2, 0.25) is 5.91 Å². The summed E-state index contributed by atoms with van der Waals surface area (Å²) < 4.78 is 0. The topological polar surface area (TPSA) is 41.5 Å². The second kappa shape index (κ2) is 7.12. The average Bonchev–Trinajstić information content (AvgIpc) is 2.29. The van der Waals surface area contributed by atoms with Crippen molar-refractivity contribution in [2.45, 2.75) is 26.5 Å². The van der Waals surface area contributed by atoms with Crippen LogP contribution < -0.4 is 5.43 Å². The van der Waals surface area contributed by atoms with Crippen molar-refractivity contribution in [1.29, 1.82) is 0 Å². The van der Waals surface area contributed by atoms with Crippen LogP contribution >= 0.6 is 11.8 Å². The van der Waals surface area contributed by atoms with Crippen molar-refractivity contribution in [1.82, 2.24) is 5.43 Å². The number of nitrogens with zero attached hydrogens (tertiary/aromatic N) is 1. The zero-order chi connectivity index (χ0) is 12.7. The van der Waals surface area contributed by atoms with Crippen molar-refractivity contribution in [2.24, 2.45) is 5.10 Å². The Morgan fingerprint density at radius 1 is 1.29 bits per heavy atom. The van der Waals surface area contributed by atoms with Crippen LogP contribution in [0, 0.1) is 6.92 Å². The van der Waals surface area contributed by atoms with Gasteiger partial charge in [0.15, 0.2) is 0 Å². The highest BCUT2D eigenvalue weighted by Gasteiger charge is 2.00. The van der Waals surface area contributed by atoms with E-state index in [4.69, 9.17) is 0 Å². The van der Waals surface area contributed by atoms with Gasteiger partial charge in [-0.1, -0.05) is 29.8 Å². The number of nitrogens with one attached hydrogen (secondary N) is 1. The normalized spacial score (nSPS) is 9.82. The van der Waals surface area contributed by atoms with Crippen LogP contribution in [0.15, 0.2) is 29.4 Å². The van der Waals surface area contributed by atoms with Gasteiger partial charge in [0.25, 0.3) is 0 Å². The number of amides is 1. The molecule has 1 aromatic carbocycles. The standard InChI is InChI=1S/C13H18N2OS/c1-10(2)14-15-13(16)9-17-8-12-6-4-11(3)5-7-12/h4-7H,8-9H2,1-3H3,(H,15,16). The van der Waals surface area contributed by atoms with Gasteiger partial charge in [-0.2, -0.15) is 5.10 Å². The first-order valence-electron chi connectivity index (χ1n) is 5.51. The molecular formula is C13H18N2OS.